The lowest BCUT2D eigenvalue weighted by Gasteiger charge is -2.31. The van der Waals surface area contributed by atoms with E-state index in [1.807, 2.05) is 0 Å². The van der Waals surface area contributed by atoms with E-state index in [0.717, 1.165) is 12.3 Å². The average molecular weight is 220 g/mol. The van der Waals surface area contributed by atoms with Crippen LogP contribution in [0, 0.1) is 23.2 Å². The van der Waals surface area contributed by atoms with Crippen molar-refractivity contribution in [3.8, 4) is 6.07 Å². The van der Waals surface area contributed by atoms with Crippen molar-refractivity contribution in [3.63, 3.8) is 0 Å². The van der Waals surface area contributed by atoms with Crippen LogP contribution in [0.1, 0.15) is 58.3 Å². The summed E-state index contributed by atoms with van der Waals surface area (Å²) in [5.41, 5.74) is 0. The maximum absolute atomic E-state index is 9.15. The molecule has 0 bridgehead atoms. The molecule has 0 aromatic rings. The van der Waals surface area contributed by atoms with Gasteiger partial charge in [-0.15, -0.1) is 0 Å². The number of nitriles is 1. The summed E-state index contributed by atoms with van der Waals surface area (Å²) in [7, 11) is 0. The van der Waals surface area contributed by atoms with Gasteiger partial charge in [-0.3, -0.25) is 0 Å². The van der Waals surface area contributed by atoms with E-state index in [-0.39, 0.29) is 5.92 Å². The third-order valence-corrected chi connectivity index (χ3v) is 4.19. The first-order valence-corrected chi connectivity index (χ1v) is 6.99. The van der Waals surface area contributed by atoms with Crippen LogP contribution in [-0.2, 0) is 0 Å². The third-order valence-electron chi connectivity index (χ3n) is 4.19. The second kappa shape index (κ2) is 5.68. The smallest absolute Gasteiger partial charge is 0.0672 e. The van der Waals surface area contributed by atoms with Crippen LogP contribution >= 0.6 is 0 Å². The van der Waals surface area contributed by atoms with Crippen LogP contribution in [0.2, 0.25) is 0 Å². The van der Waals surface area contributed by atoms with Gasteiger partial charge in [-0.2, -0.15) is 5.26 Å². The molecular formula is C14H24N2. The van der Waals surface area contributed by atoms with Crippen molar-refractivity contribution in [1.29, 1.82) is 5.26 Å². The lowest BCUT2D eigenvalue weighted by molar-refractivity contribution is 0.272. The van der Waals surface area contributed by atoms with Crippen LogP contribution in [0.5, 0.6) is 0 Å². The first-order valence-electron chi connectivity index (χ1n) is 6.99. The maximum Gasteiger partial charge on any atom is 0.0672 e. The van der Waals surface area contributed by atoms with Crippen molar-refractivity contribution in [3.05, 3.63) is 0 Å². The number of hydrogen-bond acceptors (Lipinski definition) is 2. The fourth-order valence-corrected chi connectivity index (χ4v) is 2.90. The van der Waals surface area contributed by atoms with Gasteiger partial charge in [-0.1, -0.05) is 32.6 Å². The van der Waals surface area contributed by atoms with Crippen LogP contribution in [0.25, 0.3) is 0 Å². The Kier molecular flexibility index (Phi) is 4.23. The largest absolute Gasteiger partial charge is 0.310 e. The third kappa shape index (κ3) is 3.22. The highest BCUT2D eigenvalue weighted by molar-refractivity contribution is 4.96. The minimum absolute atomic E-state index is 0.266. The Morgan fingerprint density at radius 3 is 2.62 bits per heavy atom. The summed E-state index contributed by atoms with van der Waals surface area (Å²) < 4.78 is 0. The Morgan fingerprint density at radius 2 is 2.00 bits per heavy atom. The predicted octanol–water partition coefficient (Wildman–Crippen LogP) is 3.24. The van der Waals surface area contributed by atoms with Gasteiger partial charge in [0.25, 0.3) is 0 Å². The van der Waals surface area contributed by atoms with Crippen molar-refractivity contribution in [2.75, 3.05) is 0 Å². The van der Waals surface area contributed by atoms with E-state index in [1.165, 1.54) is 44.9 Å². The fraction of sp³-hybridized carbons (Fsp3) is 0.929. The molecule has 2 saturated carbocycles. The minimum atomic E-state index is 0.266. The fourth-order valence-electron chi connectivity index (χ4n) is 2.90. The minimum Gasteiger partial charge on any atom is -0.310 e. The Bertz CT molecular complexity index is 252. The van der Waals surface area contributed by atoms with E-state index in [4.69, 9.17) is 5.26 Å². The van der Waals surface area contributed by atoms with Gasteiger partial charge in [0.2, 0.25) is 0 Å². The van der Waals surface area contributed by atoms with Crippen molar-refractivity contribution in [2.45, 2.75) is 70.4 Å². The molecule has 2 aliphatic carbocycles. The molecule has 2 nitrogen and oxygen atoms in total. The molecule has 16 heavy (non-hydrogen) atoms. The van der Waals surface area contributed by atoms with E-state index >= 15 is 0 Å². The SMILES string of the molecule is CCC(CC1CC1)NC1CCCCC1C#N. The molecule has 2 rings (SSSR count). The zero-order valence-electron chi connectivity index (χ0n) is 10.4. The number of hydrogen-bond donors (Lipinski definition) is 1. The predicted molar refractivity (Wildman–Crippen MR) is 65.9 cm³/mol. The molecule has 2 aliphatic rings. The molecule has 3 atom stereocenters. The van der Waals surface area contributed by atoms with E-state index in [1.54, 1.807) is 0 Å². The Morgan fingerprint density at radius 1 is 1.25 bits per heavy atom. The first-order chi connectivity index (χ1) is 7.83. The zero-order chi connectivity index (χ0) is 11.4. The Labute approximate surface area is 99.4 Å². The van der Waals surface area contributed by atoms with Gasteiger partial charge in [0.05, 0.1) is 12.0 Å². The molecule has 0 saturated heterocycles. The Balaban J connectivity index is 1.82. The normalized spacial score (nSPS) is 32.0. The summed E-state index contributed by atoms with van der Waals surface area (Å²) in [5.74, 6) is 1.25. The highest BCUT2D eigenvalue weighted by atomic mass is 15.0. The maximum atomic E-state index is 9.15. The van der Waals surface area contributed by atoms with E-state index in [0.29, 0.717) is 12.1 Å². The van der Waals surface area contributed by atoms with Gasteiger partial charge in [-0.25, -0.2) is 0 Å². The molecular weight excluding hydrogens is 196 g/mol. The molecule has 0 aliphatic heterocycles. The van der Waals surface area contributed by atoms with Crippen molar-refractivity contribution < 1.29 is 0 Å². The van der Waals surface area contributed by atoms with Crippen LogP contribution in [0.4, 0.5) is 0 Å². The number of nitrogens with zero attached hydrogens (tertiary/aromatic N) is 1. The summed E-state index contributed by atoms with van der Waals surface area (Å²) in [6.45, 7) is 2.27. The molecule has 2 fully saturated rings. The van der Waals surface area contributed by atoms with Crippen LogP contribution in [0.3, 0.4) is 0 Å². The van der Waals surface area contributed by atoms with Gasteiger partial charge in [0, 0.05) is 12.1 Å². The van der Waals surface area contributed by atoms with Crippen molar-refractivity contribution in [2.24, 2.45) is 11.8 Å². The summed E-state index contributed by atoms with van der Waals surface area (Å²) in [4.78, 5) is 0. The van der Waals surface area contributed by atoms with Crippen molar-refractivity contribution >= 4 is 0 Å². The Hall–Kier alpha value is -0.550. The van der Waals surface area contributed by atoms with Crippen LogP contribution in [0.15, 0.2) is 0 Å². The van der Waals surface area contributed by atoms with Gasteiger partial charge < -0.3 is 5.32 Å². The zero-order valence-corrected chi connectivity index (χ0v) is 10.4. The second-order valence-electron chi connectivity index (χ2n) is 5.58. The molecule has 0 spiro atoms. The van der Waals surface area contributed by atoms with Gasteiger partial charge >= 0.3 is 0 Å². The van der Waals surface area contributed by atoms with Gasteiger partial charge in [-0.05, 0) is 31.6 Å². The second-order valence-corrected chi connectivity index (χ2v) is 5.58. The lowest BCUT2D eigenvalue weighted by atomic mass is 9.84. The molecule has 90 valence electrons. The summed E-state index contributed by atoms with van der Waals surface area (Å²) in [5, 5.41) is 12.9. The molecule has 3 unspecified atom stereocenters. The van der Waals surface area contributed by atoms with Gasteiger partial charge in [0.15, 0.2) is 0 Å². The van der Waals surface area contributed by atoms with E-state index in [9.17, 15) is 0 Å². The van der Waals surface area contributed by atoms with E-state index in [2.05, 4.69) is 18.3 Å². The quantitative estimate of drug-likeness (QED) is 0.772. The molecule has 0 heterocycles. The summed E-state index contributed by atoms with van der Waals surface area (Å²) >= 11 is 0. The lowest BCUT2D eigenvalue weighted by Crippen LogP contribution is -2.44. The summed E-state index contributed by atoms with van der Waals surface area (Å²) in [6, 6.07) is 3.62. The number of nitrogens with one attached hydrogen (secondary N) is 1. The van der Waals surface area contributed by atoms with Crippen LogP contribution < -0.4 is 5.32 Å². The molecule has 0 aromatic heterocycles. The highest BCUT2D eigenvalue weighted by Gasteiger charge is 2.29. The molecule has 0 aromatic carbocycles. The summed E-state index contributed by atoms with van der Waals surface area (Å²) in [6.07, 6.45) is 10.3. The molecule has 1 N–H and O–H groups in total. The average Bonchev–Trinajstić information content (AvgIpc) is 3.13. The number of rotatable bonds is 5. The standard InChI is InChI=1S/C14H24N2/c1-2-13(9-11-7-8-11)16-14-6-4-3-5-12(14)10-15/h11-14,16H,2-9H2,1H3. The van der Waals surface area contributed by atoms with E-state index < -0.39 is 0 Å². The molecule has 2 heteroatoms. The van der Waals surface area contributed by atoms with Crippen LogP contribution in [-0.4, -0.2) is 12.1 Å². The van der Waals surface area contributed by atoms with Gasteiger partial charge in [0.1, 0.15) is 0 Å². The topological polar surface area (TPSA) is 35.8 Å². The molecule has 0 amide bonds. The van der Waals surface area contributed by atoms with Crippen molar-refractivity contribution in [1.82, 2.24) is 5.32 Å². The monoisotopic (exact) mass is 220 g/mol. The first kappa shape index (κ1) is 11.9. The highest BCUT2D eigenvalue weighted by Crippen LogP contribution is 2.34. The molecule has 0 radical (unpaired) electrons.